The Labute approximate surface area is 646 Å². The number of hydrogen-bond acceptors (Lipinski definition) is 16. The summed E-state index contributed by atoms with van der Waals surface area (Å²) in [6.07, 6.45) is 12.4. The van der Waals surface area contributed by atoms with E-state index in [0.717, 1.165) is 186 Å². The van der Waals surface area contributed by atoms with Crippen molar-refractivity contribution in [2.75, 3.05) is 93.6 Å². The molecule has 1 unspecified atom stereocenters. The average Bonchev–Trinajstić information content (AvgIpc) is 0.884. The van der Waals surface area contributed by atoms with Crippen molar-refractivity contribution >= 4 is 71.4 Å². The van der Waals surface area contributed by atoms with Gasteiger partial charge in [-0.25, -0.2) is 13.3 Å². The Morgan fingerprint density at radius 3 is 0.903 bits per heavy atom. The van der Waals surface area contributed by atoms with Crippen LogP contribution in [-0.2, 0) is 11.0 Å². The van der Waals surface area contributed by atoms with E-state index in [0.29, 0.717) is 49.3 Å². The molecular weight excluding hydrogens is 1660 g/mol. The molecule has 0 spiro atoms. The standard InChI is InChI=1S/C18H30N2O2S.C14H22N2O.2C14H19NO2.C13H17NO2.C8H7FO.I3/c1-14(19-23(21)18(2,3)4)15-6-8-16(9-7-15)22-17-10-12-20(5)13-11-17;1-11(15)12-3-5-13(6-4-12)17-14-7-9-16(2)10-8-14;2*1-11(16)12-3-5-13(6-4-12)17-14-7-9-15(2)10-8-14;1-10(15)11-2-4-12(5-3-11)16-13-6-8-14-9-7-13;1-6(10)7-2-4-8(9)5-3-7;1-3-2/h6-9,14,17,19H,10-13H2,1-5H3;3-6,11,14H,7-10,15H2,1-2H3;2*3-6,14H,7-10H2,1-2H3;2-5,13-14H,6-9H2,1H3;2-5H,1H3;/q;;;;;;-1/t14-,23?;11-;;;;;/m00...../s1. The van der Waals surface area contributed by atoms with E-state index in [1.165, 1.54) is 31.2 Å². The van der Waals surface area contributed by atoms with Gasteiger partial charge < -0.3 is 54.3 Å². The van der Waals surface area contributed by atoms with Gasteiger partial charge in [0.1, 0.15) is 65.1 Å². The van der Waals surface area contributed by atoms with Crippen LogP contribution >= 0.6 is 37.2 Å². The SMILES string of the molecule is CC(=O)c1ccc(F)cc1.CC(=O)c1ccc(OC2CCN(C)CC2)cc1.CC(=O)c1ccc(OC2CCN(C)CC2)cc1.CC(=O)c1ccc(OC2CCNCC2)cc1.C[C@H](N)c1ccc(OC2CCN(C)CC2)cc1.C[C@H](NS(=O)C(C)(C)C)c1ccc(OC2CCN(C)CC2)cc1.I[I-]I. The molecule has 6 aromatic carbocycles. The zero-order valence-electron chi connectivity index (χ0n) is 62.9. The Balaban J connectivity index is 0.000000223. The van der Waals surface area contributed by atoms with Crippen LogP contribution in [0.4, 0.5) is 4.39 Å². The van der Waals surface area contributed by atoms with Crippen LogP contribution in [0.1, 0.15) is 191 Å². The number of Topliss-reactive ketones (excluding diaryl/α,β-unsaturated/α-hetero) is 4. The number of piperidine rings is 5. The predicted octanol–water partition coefficient (Wildman–Crippen LogP) is 13.0. The Bertz CT molecular complexity index is 3330. The molecule has 5 aliphatic rings. The van der Waals surface area contributed by atoms with E-state index in [1.807, 2.05) is 132 Å². The molecule has 0 amide bonds. The maximum atomic E-state index is 12.2. The predicted molar refractivity (Wildman–Crippen MR) is 430 cm³/mol. The van der Waals surface area contributed by atoms with Crippen molar-refractivity contribution in [3.63, 3.8) is 0 Å². The van der Waals surface area contributed by atoms with Crippen LogP contribution in [-0.4, -0.2) is 176 Å². The third-order valence-electron chi connectivity index (χ3n) is 18.1. The molecule has 6 aromatic rings. The molecule has 5 saturated heterocycles. The molecule has 568 valence electrons. The molecule has 5 heterocycles. The monoisotopic (exact) mass is 1780 g/mol. The summed E-state index contributed by atoms with van der Waals surface area (Å²) in [5.41, 5.74) is 10.8. The van der Waals surface area contributed by atoms with Crippen LogP contribution in [0.25, 0.3) is 0 Å². The van der Waals surface area contributed by atoms with Gasteiger partial charge in [0.15, 0.2) is 23.1 Å². The second-order valence-electron chi connectivity index (χ2n) is 28.1. The van der Waals surface area contributed by atoms with Gasteiger partial charge in [-0.2, -0.15) is 0 Å². The normalized spacial score (nSPS) is 17.6. The molecule has 103 heavy (non-hydrogen) atoms. The van der Waals surface area contributed by atoms with Crippen molar-refractivity contribution in [1.29, 1.82) is 0 Å². The molecule has 3 atom stereocenters. The van der Waals surface area contributed by atoms with Gasteiger partial charge in [0.05, 0.1) is 15.7 Å². The molecule has 17 nitrogen and oxygen atoms in total. The minimum atomic E-state index is -1.07. The van der Waals surface area contributed by atoms with Gasteiger partial charge in [0, 0.05) is 86.7 Å². The van der Waals surface area contributed by atoms with Gasteiger partial charge >= 0.3 is 50.5 Å². The van der Waals surface area contributed by atoms with Crippen LogP contribution in [0, 0.1) is 5.82 Å². The van der Waals surface area contributed by atoms with E-state index in [-0.39, 0.29) is 45.8 Å². The number of nitrogens with two attached hydrogens (primary N) is 1. The second-order valence-corrected chi connectivity index (χ2v) is 46.3. The number of hydrogen-bond donors (Lipinski definition) is 3. The molecular formula is C81H114FI3N7O10S-. The van der Waals surface area contributed by atoms with Crippen molar-refractivity contribution in [3.05, 3.63) is 185 Å². The number of halogens is 4. The van der Waals surface area contributed by atoms with Gasteiger partial charge in [0.2, 0.25) is 0 Å². The molecule has 0 aromatic heterocycles. The third-order valence-corrected chi connectivity index (χ3v) is 19.8. The fourth-order valence-corrected chi connectivity index (χ4v) is 12.2. The number of nitrogens with one attached hydrogen (secondary N) is 2. The molecule has 5 fully saturated rings. The number of carbonyl (C=O) groups is 4. The summed E-state index contributed by atoms with van der Waals surface area (Å²) in [6.45, 7) is 27.0. The average molecular weight is 1780 g/mol. The molecule has 0 saturated carbocycles. The summed E-state index contributed by atoms with van der Waals surface area (Å²) in [5.74, 6) is 4.40. The summed E-state index contributed by atoms with van der Waals surface area (Å²) in [5, 5.41) is 3.30. The number of ketones is 4. The van der Waals surface area contributed by atoms with Crippen molar-refractivity contribution in [2.24, 2.45) is 5.73 Å². The Morgan fingerprint density at radius 2 is 0.670 bits per heavy atom. The molecule has 11 rings (SSSR count). The topological polar surface area (TPSA) is 195 Å². The summed E-state index contributed by atoms with van der Waals surface area (Å²) in [7, 11) is 7.52. The number of nitrogens with zero attached hydrogens (tertiary/aromatic N) is 4. The summed E-state index contributed by atoms with van der Waals surface area (Å²) >= 11 is 5.30. The van der Waals surface area contributed by atoms with E-state index in [2.05, 4.69) is 119 Å². The summed E-state index contributed by atoms with van der Waals surface area (Å²) < 4.78 is 57.0. The fraction of sp³-hybridized carbons (Fsp3) is 0.506. The first kappa shape index (κ1) is 88.6. The van der Waals surface area contributed by atoms with Crippen molar-refractivity contribution in [3.8, 4) is 28.7 Å². The van der Waals surface area contributed by atoms with E-state index >= 15 is 0 Å². The van der Waals surface area contributed by atoms with Crippen molar-refractivity contribution < 1.29 is 64.7 Å². The number of carbonyl (C=O) groups excluding carboxylic acids is 4. The first-order chi connectivity index (χ1) is 49.1. The molecule has 4 N–H and O–H groups in total. The van der Waals surface area contributed by atoms with E-state index in [4.69, 9.17) is 29.4 Å². The number of benzene rings is 6. The van der Waals surface area contributed by atoms with E-state index < -0.39 is 11.0 Å². The number of rotatable bonds is 18. The van der Waals surface area contributed by atoms with Crippen molar-refractivity contribution in [1.82, 2.24) is 29.6 Å². The van der Waals surface area contributed by atoms with Gasteiger partial charge in [-0.15, -0.1) is 0 Å². The van der Waals surface area contributed by atoms with Crippen molar-refractivity contribution in [2.45, 2.75) is 174 Å². The van der Waals surface area contributed by atoms with Gasteiger partial charge in [-0.3, -0.25) is 19.2 Å². The number of ether oxygens (including phenoxy) is 5. The summed E-state index contributed by atoms with van der Waals surface area (Å²) in [4.78, 5) is 53.3. The Hall–Kier alpha value is -5.01. The molecule has 0 radical (unpaired) electrons. The Kier molecular flexibility index (Phi) is 41.0. The van der Waals surface area contributed by atoms with Crippen LogP contribution in [0.2, 0.25) is 0 Å². The molecule has 0 aliphatic carbocycles. The van der Waals surface area contributed by atoms with Crippen LogP contribution < -0.4 is 52.7 Å². The van der Waals surface area contributed by atoms with Gasteiger partial charge in [0.25, 0.3) is 0 Å². The van der Waals surface area contributed by atoms with Gasteiger partial charge in [-0.05, 0) is 300 Å². The molecule has 0 bridgehead atoms. The Morgan fingerprint density at radius 1 is 0.447 bits per heavy atom. The molecule has 5 aliphatic heterocycles. The summed E-state index contributed by atoms with van der Waals surface area (Å²) in [6, 6.07) is 44.2. The zero-order chi connectivity index (χ0) is 75.4. The second kappa shape index (κ2) is 47.6. The maximum absolute atomic E-state index is 12.2. The van der Waals surface area contributed by atoms with Crippen LogP contribution in [0.15, 0.2) is 146 Å². The van der Waals surface area contributed by atoms with E-state index in [1.54, 1.807) is 20.8 Å². The minimum absolute atomic E-state index is 0.0417. The van der Waals surface area contributed by atoms with Crippen LogP contribution in [0.3, 0.4) is 0 Å². The quantitative estimate of drug-likeness (QED) is 0.0543. The third kappa shape index (κ3) is 35.5. The zero-order valence-corrected chi connectivity index (χ0v) is 70.2. The van der Waals surface area contributed by atoms with Gasteiger partial charge in [-0.1, -0.05) is 24.3 Å². The fourth-order valence-electron chi connectivity index (χ4n) is 11.4. The van der Waals surface area contributed by atoms with Crippen LogP contribution in [0.5, 0.6) is 28.7 Å². The first-order valence-electron chi connectivity index (χ1n) is 36.0. The molecule has 22 heteroatoms. The number of likely N-dealkylation sites (tertiary alicyclic amines) is 4. The first-order valence-corrected chi connectivity index (χ1v) is 49.7. The van der Waals surface area contributed by atoms with E-state index in [9.17, 15) is 27.8 Å².